The maximum Gasteiger partial charge on any atom is 0.155 e. The standard InChI is InChI=1S/C30H45NO2/c1-4-33-20-21-10-12-24-22(18-21)11-13-26-25(24)16-17-30(2)27(26)14-15-28(30)29(32)19-31(3)23-8-6-5-7-9-23/h5-9,21-22,24-28H,4,10-20H2,1-3H3/t21?,22?,24?,25?,26?,27?,28-,30?/m1/s1. The summed E-state index contributed by atoms with van der Waals surface area (Å²) in [5, 5.41) is 0. The Bertz CT molecular complexity index is 809. The van der Waals surface area contributed by atoms with Gasteiger partial charge in [-0.3, -0.25) is 4.79 Å². The lowest BCUT2D eigenvalue weighted by molar-refractivity contribution is -0.129. The molecular weight excluding hydrogens is 406 g/mol. The Balaban J connectivity index is 1.23. The molecule has 0 N–H and O–H groups in total. The summed E-state index contributed by atoms with van der Waals surface area (Å²) in [5.74, 6) is 6.00. The van der Waals surface area contributed by atoms with Gasteiger partial charge in [0.05, 0.1) is 6.54 Å². The second-order valence-electron chi connectivity index (χ2n) is 12.1. The highest BCUT2D eigenvalue weighted by Crippen LogP contribution is 2.64. The van der Waals surface area contributed by atoms with E-state index in [2.05, 4.69) is 50.1 Å². The van der Waals surface area contributed by atoms with Crippen LogP contribution in [0.15, 0.2) is 30.3 Å². The Kier molecular flexibility index (Phi) is 6.89. The lowest BCUT2D eigenvalue weighted by Crippen LogP contribution is -2.50. The summed E-state index contributed by atoms with van der Waals surface area (Å²) < 4.78 is 5.78. The summed E-state index contributed by atoms with van der Waals surface area (Å²) >= 11 is 0. The van der Waals surface area contributed by atoms with Crippen molar-refractivity contribution in [1.29, 1.82) is 0 Å². The molecule has 0 spiro atoms. The molecule has 4 fully saturated rings. The predicted molar refractivity (Wildman–Crippen MR) is 135 cm³/mol. The first-order chi connectivity index (χ1) is 16.0. The van der Waals surface area contributed by atoms with Crippen LogP contribution >= 0.6 is 0 Å². The molecule has 182 valence electrons. The van der Waals surface area contributed by atoms with Crippen LogP contribution in [0.3, 0.4) is 0 Å². The molecule has 0 amide bonds. The Hall–Kier alpha value is -1.35. The first-order valence-corrected chi connectivity index (χ1v) is 13.9. The highest BCUT2D eigenvalue weighted by atomic mass is 16.5. The van der Waals surface area contributed by atoms with E-state index < -0.39 is 0 Å². The van der Waals surface area contributed by atoms with Crippen molar-refractivity contribution < 1.29 is 9.53 Å². The van der Waals surface area contributed by atoms with Gasteiger partial charge in [-0.15, -0.1) is 0 Å². The van der Waals surface area contributed by atoms with Gasteiger partial charge in [0.2, 0.25) is 0 Å². The van der Waals surface area contributed by atoms with Gasteiger partial charge >= 0.3 is 0 Å². The Labute approximate surface area is 201 Å². The van der Waals surface area contributed by atoms with Crippen LogP contribution in [0.2, 0.25) is 0 Å². The van der Waals surface area contributed by atoms with E-state index in [-0.39, 0.29) is 11.3 Å². The van der Waals surface area contributed by atoms with Gasteiger partial charge in [0, 0.05) is 31.9 Å². The molecule has 0 saturated heterocycles. The van der Waals surface area contributed by atoms with Gasteiger partial charge in [-0.1, -0.05) is 25.1 Å². The van der Waals surface area contributed by atoms with Crippen LogP contribution in [0.1, 0.15) is 71.6 Å². The van der Waals surface area contributed by atoms with E-state index in [0.29, 0.717) is 12.3 Å². The number of ketones is 1. The zero-order valence-electron chi connectivity index (χ0n) is 21.2. The molecule has 7 unspecified atom stereocenters. The Morgan fingerprint density at radius 2 is 1.79 bits per heavy atom. The number of nitrogens with zero attached hydrogens (tertiary/aromatic N) is 1. The Morgan fingerprint density at radius 1 is 1.00 bits per heavy atom. The normalized spacial score (nSPS) is 39.9. The number of hydrogen-bond acceptors (Lipinski definition) is 3. The van der Waals surface area contributed by atoms with Crippen LogP contribution in [-0.4, -0.2) is 32.6 Å². The van der Waals surface area contributed by atoms with Crippen LogP contribution in [0.5, 0.6) is 0 Å². The molecule has 0 aliphatic heterocycles. The van der Waals surface area contributed by atoms with E-state index >= 15 is 0 Å². The minimum Gasteiger partial charge on any atom is -0.381 e. The lowest BCUT2D eigenvalue weighted by atomic mass is 9.49. The molecule has 4 saturated carbocycles. The number of likely N-dealkylation sites (N-methyl/N-ethyl adjacent to an activating group) is 1. The van der Waals surface area contributed by atoms with Gasteiger partial charge in [0.25, 0.3) is 0 Å². The van der Waals surface area contributed by atoms with Gasteiger partial charge < -0.3 is 9.64 Å². The van der Waals surface area contributed by atoms with Crippen LogP contribution in [0.25, 0.3) is 0 Å². The van der Waals surface area contributed by atoms with Crippen molar-refractivity contribution in [3.8, 4) is 0 Å². The fourth-order valence-corrected chi connectivity index (χ4v) is 9.03. The zero-order chi connectivity index (χ0) is 23.0. The third-order valence-corrected chi connectivity index (χ3v) is 10.6. The van der Waals surface area contributed by atoms with Gasteiger partial charge in [0.1, 0.15) is 0 Å². The topological polar surface area (TPSA) is 29.5 Å². The molecule has 8 atom stereocenters. The highest BCUT2D eigenvalue weighted by Gasteiger charge is 2.58. The van der Waals surface area contributed by atoms with E-state index in [1.54, 1.807) is 0 Å². The largest absolute Gasteiger partial charge is 0.381 e. The van der Waals surface area contributed by atoms with Crippen LogP contribution in [0, 0.1) is 46.8 Å². The summed E-state index contributed by atoms with van der Waals surface area (Å²) in [6.45, 7) is 7.01. The van der Waals surface area contributed by atoms with Gasteiger partial charge in [-0.25, -0.2) is 0 Å². The first kappa shape index (κ1) is 23.4. The number of hydrogen-bond donors (Lipinski definition) is 0. The van der Waals surface area contributed by atoms with Crippen molar-refractivity contribution in [3.05, 3.63) is 30.3 Å². The van der Waals surface area contributed by atoms with E-state index in [0.717, 1.165) is 60.8 Å². The number of Topliss-reactive ketones (excluding diaryl/α,β-unsaturated/α-hetero) is 1. The molecule has 0 radical (unpaired) electrons. The summed E-state index contributed by atoms with van der Waals surface area (Å²) in [6, 6.07) is 10.4. The van der Waals surface area contributed by atoms with Gasteiger partial charge in [-0.2, -0.15) is 0 Å². The first-order valence-electron chi connectivity index (χ1n) is 13.9. The molecule has 1 aromatic carbocycles. The zero-order valence-corrected chi connectivity index (χ0v) is 21.2. The minimum absolute atomic E-state index is 0.231. The minimum atomic E-state index is 0.231. The molecule has 33 heavy (non-hydrogen) atoms. The number of carbonyl (C=O) groups is 1. The number of benzene rings is 1. The SMILES string of the molecule is CCOCC1CCC2C(CCC3C2CCC2(C)C3CC[C@@H]2C(=O)CN(C)c2ccccc2)C1. The number of para-hydroxylation sites is 1. The molecule has 0 heterocycles. The Morgan fingerprint density at radius 3 is 2.58 bits per heavy atom. The van der Waals surface area contributed by atoms with Crippen LogP contribution in [0.4, 0.5) is 5.69 Å². The molecule has 4 aliphatic rings. The third kappa shape index (κ3) is 4.40. The van der Waals surface area contributed by atoms with Crippen LogP contribution < -0.4 is 4.90 Å². The number of ether oxygens (including phenoxy) is 1. The van der Waals surface area contributed by atoms with Crippen LogP contribution in [-0.2, 0) is 9.53 Å². The number of rotatable bonds is 7. The summed E-state index contributed by atoms with van der Waals surface area (Å²) in [7, 11) is 2.07. The molecule has 3 heteroatoms. The molecule has 1 aromatic rings. The summed E-state index contributed by atoms with van der Waals surface area (Å²) in [6.07, 6.45) is 12.1. The van der Waals surface area contributed by atoms with Gasteiger partial charge in [0.15, 0.2) is 5.78 Å². The predicted octanol–water partition coefficient (Wildman–Crippen LogP) is 6.61. The average Bonchev–Trinajstić information content (AvgIpc) is 3.20. The van der Waals surface area contributed by atoms with Crippen molar-refractivity contribution in [2.45, 2.75) is 71.6 Å². The van der Waals surface area contributed by atoms with Gasteiger partial charge in [-0.05, 0) is 118 Å². The molecule has 0 bridgehead atoms. The van der Waals surface area contributed by atoms with Crippen molar-refractivity contribution in [2.24, 2.45) is 46.8 Å². The van der Waals surface area contributed by atoms with Crippen molar-refractivity contribution in [3.63, 3.8) is 0 Å². The quantitative estimate of drug-likeness (QED) is 0.467. The summed E-state index contributed by atoms with van der Waals surface area (Å²) in [5.41, 5.74) is 1.38. The molecule has 3 nitrogen and oxygen atoms in total. The van der Waals surface area contributed by atoms with Crippen molar-refractivity contribution in [2.75, 3.05) is 31.7 Å². The van der Waals surface area contributed by atoms with Crippen molar-refractivity contribution in [1.82, 2.24) is 0 Å². The molecule has 5 rings (SSSR count). The smallest absolute Gasteiger partial charge is 0.155 e. The van der Waals surface area contributed by atoms with E-state index in [1.165, 1.54) is 51.4 Å². The van der Waals surface area contributed by atoms with Crippen molar-refractivity contribution >= 4 is 11.5 Å². The second-order valence-corrected chi connectivity index (χ2v) is 12.1. The number of fused-ring (bicyclic) bond motifs is 5. The third-order valence-electron chi connectivity index (χ3n) is 10.6. The maximum absolute atomic E-state index is 13.5. The molecule has 0 aromatic heterocycles. The fraction of sp³-hybridized carbons (Fsp3) is 0.767. The lowest BCUT2D eigenvalue weighted by Gasteiger charge is -2.56. The maximum atomic E-state index is 13.5. The van der Waals surface area contributed by atoms with E-state index in [1.807, 2.05) is 6.07 Å². The van der Waals surface area contributed by atoms with E-state index in [4.69, 9.17) is 4.74 Å². The second kappa shape index (κ2) is 9.72. The summed E-state index contributed by atoms with van der Waals surface area (Å²) in [4.78, 5) is 15.7. The molecular formula is C30H45NO2. The fourth-order valence-electron chi connectivity index (χ4n) is 9.03. The number of anilines is 1. The van der Waals surface area contributed by atoms with E-state index in [9.17, 15) is 4.79 Å². The highest BCUT2D eigenvalue weighted by molar-refractivity contribution is 5.86. The average molecular weight is 452 g/mol. The molecule has 4 aliphatic carbocycles. The monoisotopic (exact) mass is 451 g/mol. The number of carbonyl (C=O) groups excluding carboxylic acids is 1.